The van der Waals surface area contributed by atoms with Crippen molar-refractivity contribution >= 4 is 16.9 Å². The molecule has 0 aliphatic carbocycles. The normalized spacial score (nSPS) is 15.5. The lowest BCUT2D eigenvalue weighted by Crippen LogP contribution is -2.43. The molecule has 106 valence electrons. The molecule has 4 rings (SSSR count). The molecule has 3 heterocycles. The van der Waals surface area contributed by atoms with Crippen molar-refractivity contribution in [2.45, 2.75) is 0 Å². The third kappa shape index (κ3) is 2.36. The molecule has 1 aliphatic rings. The van der Waals surface area contributed by atoms with E-state index in [0.29, 0.717) is 0 Å². The Kier molecular flexibility index (Phi) is 3.05. The molecule has 1 saturated heterocycles. The number of benzene rings is 1. The van der Waals surface area contributed by atoms with Crippen LogP contribution in [0.25, 0.3) is 22.4 Å². The van der Waals surface area contributed by atoms with Crippen LogP contribution in [0.2, 0.25) is 0 Å². The van der Waals surface area contributed by atoms with Gasteiger partial charge in [0.25, 0.3) is 0 Å². The van der Waals surface area contributed by atoms with Crippen LogP contribution in [-0.2, 0) is 0 Å². The largest absolute Gasteiger partial charge is 0.354 e. The predicted octanol–water partition coefficient (Wildman–Crippen LogP) is 2.03. The van der Waals surface area contributed by atoms with Crippen LogP contribution in [0.4, 0.5) is 5.82 Å². The van der Waals surface area contributed by atoms with E-state index < -0.39 is 0 Å². The number of aromatic nitrogens is 3. The van der Waals surface area contributed by atoms with Crippen LogP contribution in [0.15, 0.2) is 42.6 Å². The number of rotatable bonds is 2. The second-order valence-corrected chi connectivity index (χ2v) is 5.24. The van der Waals surface area contributed by atoms with E-state index in [1.807, 2.05) is 30.5 Å². The van der Waals surface area contributed by atoms with Crippen LogP contribution in [0.3, 0.4) is 0 Å². The number of nitrogens with one attached hydrogen (secondary N) is 2. The molecule has 0 spiro atoms. The van der Waals surface area contributed by atoms with Crippen molar-refractivity contribution < 1.29 is 0 Å². The third-order valence-corrected chi connectivity index (χ3v) is 3.85. The fourth-order valence-corrected chi connectivity index (χ4v) is 2.70. The summed E-state index contributed by atoms with van der Waals surface area (Å²) in [5.41, 5.74) is 3.06. The Balaban J connectivity index is 1.63. The molecule has 2 N–H and O–H groups in total. The van der Waals surface area contributed by atoms with Crippen molar-refractivity contribution in [3.8, 4) is 11.4 Å². The first kappa shape index (κ1) is 12.3. The van der Waals surface area contributed by atoms with Crippen molar-refractivity contribution in [1.82, 2.24) is 20.3 Å². The molecule has 0 amide bonds. The first-order chi connectivity index (χ1) is 10.4. The molecule has 3 aromatic rings. The van der Waals surface area contributed by atoms with E-state index in [0.717, 1.165) is 54.4 Å². The van der Waals surface area contributed by atoms with E-state index in [-0.39, 0.29) is 0 Å². The topological polar surface area (TPSA) is 56.8 Å². The molecule has 1 aliphatic heterocycles. The number of anilines is 1. The van der Waals surface area contributed by atoms with E-state index in [4.69, 9.17) is 0 Å². The smallest absolute Gasteiger partial charge is 0.140 e. The number of nitrogens with zero attached hydrogens (tertiary/aromatic N) is 3. The number of piperazine rings is 1. The van der Waals surface area contributed by atoms with Gasteiger partial charge in [0.1, 0.15) is 11.6 Å². The minimum Gasteiger partial charge on any atom is -0.354 e. The number of aromatic amines is 1. The van der Waals surface area contributed by atoms with Crippen LogP contribution < -0.4 is 10.2 Å². The lowest BCUT2D eigenvalue weighted by molar-refractivity contribution is 0.585. The van der Waals surface area contributed by atoms with Crippen molar-refractivity contribution in [2.75, 3.05) is 31.1 Å². The van der Waals surface area contributed by atoms with Gasteiger partial charge >= 0.3 is 0 Å². The Hall–Kier alpha value is -2.40. The SMILES string of the molecule is c1ccc2[nH]c(-c3ccc(N4CCNCC4)nc3)nc2c1. The quantitative estimate of drug-likeness (QED) is 0.753. The summed E-state index contributed by atoms with van der Waals surface area (Å²) in [5.74, 6) is 1.91. The number of para-hydroxylation sites is 2. The summed E-state index contributed by atoms with van der Waals surface area (Å²) in [7, 11) is 0. The van der Waals surface area contributed by atoms with Gasteiger partial charge in [-0.3, -0.25) is 0 Å². The molecule has 5 nitrogen and oxygen atoms in total. The van der Waals surface area contributed by atoms with Crippen LogP contribution >= 0.6 is 0 Å². The minimum absolute atomic E-state index is 0.871. The molecule has 21 heavy (non-hydrogen) atoms. The van der Waals surface area contributed by atoms with E-state index in [1.54, 1.807) is 0 Å². The number of hydrogen-bond donors (Lipinski definition) is 2. The summed E-state index contributed by atoms with van der Waals surface area (Å²) >= 11 is 0. The van der Waals surface area contributed by atoms with Gasteiger partial charge in [-0.15, -0.1) is 0 Å². The zero-order valence-electron chi connectivity index (χ0n) is 11.7. The highest BCUT2D eigenvalue weighted by atomic mass is 15.2. The first-order valence-corrected chi connectivity index (χ1v) is 7.27. The Bertz CT molecular complexity index is 708. The van der Waals surface area contributed by atoms with Gasteiger partial charge in [0.05, 0.1) is 11.0 Å². The standard InChI is InChI=1S/C16H17N5/c1-2-4-14-13(3-1)19-16(20-14)12-5-6-15(18-11-12)21-9-7-17-8-10-21/h1-6,11,17H,7-10H2,(H,19,20). The van der Waals surface area contributed by atoms with Gasteiger partial charge in [-0.25, -0.2) is 9.97 Å². The Morgan fingerprint density at radius 2 is 1.86 bits per heavy atom. The third-order valence-electron chi connectivity index (χ3n) is 3.85. The van der Waals surface area contributed by atoms with Gasteiger partial charge in [0.2, 0.25) is 0 Å². The molecule has 2 aromatic heterocycles. The number of H-pyrrole nitrogens is 1. The maximum atomic E-state index is 4.61. The average molecular weight is 279 g/mol. The molecule has 1 aromatic carbocycles. The molecule has 0 saturated carbocycles. The monoisotopic (exact) mass is 279 g/mol. The van der Waals surface area contributed by atoms with E-state index in [2.05, 4.69) is 37.3 Å². The molecule has 5 heteroatoms. The van der Waals surface area contributed by atoms with Crippen molar-refractivity contribution in [2.24, 2.45) is 0 Å². The summed E-state index contributed by atoms with van der Waals surface area (Å²) < 4.78 is 0. The van der Waals surface area contributed by atoms with Gasteiger partial charge < -0.3 is 15.2 Å². The van der Waals surface area contributed by atoms with Gasteiger partial charge in [-0.05, 0) is 24.3 Å². The molecule has 0 bridgehead atoms. The second kappa shape index (κ2) is 5.18. The summed E-state index contributed by atoms with van der Waals surface area (Å²) in [6.45, 7) is 4.06. The summed E-state index contributed by atoms with van der Waals surface area (Å²) in [4.78, 5) is 14.8. The highest BCUT2D eigenvalue weighted by Crippen LogP contribution is 2.21. The van der Waals surface area contributed by atoms with Crippen LogP contribution in [0.5, 0.6) is 0 Å². The number of fused-ring (bicyclic) bond motifs is 1. The van der Waals surface area contributed by atoms with E-state index in [9.17, 15) is 0 Å². The fraction of sp³-hybridized carbons (Fsp3) is 0.250. The van der Waals surface area contributed by atoms with Crippen LogP contribution in [0, 0.1) is 0 Å². The minimum atomic E-state index is 0.871. The first-order valence-electron chi connectivity index (χ1n) is 7.27. The zero-order chi connectivity index (χ0) is 14.1. The summed E-state index contributed by atoms with van der Waals surface area (Å²) in [6, 6.07) is 12.2. The van der Waals surface area contributed by atoms with E-state index >= 15 is 0 Å². The average Bonchev–Trinajstić information content (AvgIpc) is 3.00. The molecule has 0 unspecified atom stereocenters. The van der Waals surface area contributed by atoms with Gasteiger partial charge in [0.15, 0.2) is 0 Å². The van der Waals surface area contributed by atoms with Crippen LogP contribution in [-0.4, -0.2) is 41.1 Å². The fourth-order valence-electron chi connectivity index (χ4n) is 2.70. The molecule has 0 radical (unpaired) electrons. The lowest BCUT2D eigenvalue weighted by atomic mass is 10.2. The highest BCUT2D eigenvalue weighted by Gasteiger charge is 2.12. The van der Waals surface area contributed by atoms with Gasteiger partial charge in [0, 0.05) is 37.9 Å². The molecule has 1 fully saturated rings. The van der Waals surface area contributed by atoms with Gasteiger partial charge in [-0.2, -0.15) is 0 Å². The van der Waals surface area contributed by atoms with Crippen molar-refractivity contribution in [3.05, 3.63) is 42.6 Å². The van der Waals surface area contributed by atoms with Crippen LogP contribution in [0.1, 0.15) is 0 Å². The zero-order valence-corrected chi connectivity index (χ0v) is 11.7. The molecule has 0 atom stereocenters. The Labute approximate surface area is 123 Å². The summed E-state index contributed by atoms with van der Waals surface area (Å²) in [5, 5.41) is 3.35. The number of hydrogen-bond acceptors (Lipinski definition) is 4. The van der Waals surface area contributed by atoms with Crippen molar-refractivity contribution in [1.29, 1.82) is 0 Å². The molecular formula is C16H17N5. The predicted molar refractivity (Wildman–Crippen MR) is 84.4 cm³/mol. The maximum Gasteiger partial charge on any atom is 0.140 e. The Morgan fingerprint density at radius 3 is 2.62 bits per heavy atom. The lowest BCUT2D eigenvalue weighted by Gasteiger charge is -2.28. The number of pyridine rings is 1. The number of imidazole rings is 1. The van der Waals surface area contributed by atoms with Gasteiger partial charge in [-0.1, -0.05) is 12.1 Å². The second-order valence-electron chi connectivity index (χ2n) is 5.24. The Morgan fingerprint density at radius 1 is 1.00 bits per heavy atom. The summed E-state index contributed by atoms with van der Waals surface area (Å²) in [6.07, 6.45) is 1.90. The maximum absolute atomic E-state index is 4.61. The van der Waals surface area contributed by atoms with E-state index in [1.165, 1.54) is 0 Å². The van der Waals surface area contributed by atoms with Crippen molar-refractivity contribution in [3.63, 3.8) is 0 Å². The molecular weight excluding hydrogens is 262 g/mol. The highest BCUT2D eigenvalue weighted by molar-refractivity contribution is 5.79.